The Morgan fingerprint density at radius 3 is 2.53 bits per heavy atom. The molecule has 0 saturated heterocycles. The summed E-state index contributed by atoms with van der Waals surface area (Å²) in [5.41, 5.74) is 4.98. The molecule has 2 aromatic carbocycles. The molecule has 0 N–H and O–H groups in total. The molecule has 0 radical (unpaired) electrons. The fourth-order valence-electron chi connectivity index (χ4n) is 5.81. The van der Waals surface area contributed by atoms with E-state index in [2.05, 4.69) is 91.5 Å². The molecule has 0 amide bonds. The van der Waals surface area contributed by atoms with E-state index in [0.29, 0.717) is 5.69 Å². The quantitative estimate of drug-likeness (QED) is 0.164. The van der Waals surface area contributed by atoms with E-state index < -0.39 is 11.6 Å². The Morgan fingerprint density at radius 2 is 1.79 bits per heavy atom. The van der Waals surface area contributed by atoms with Gasteiger partial charge in [0, 0.05) is 70.3 Å². The van der Waals surface area contributed by atoms with Crippen molar-refractivity contribution in [2.24, 2.45) is 0 Å². The molecule has 4 aromatic rings. The molecule has 1 unspecified atom stereocenters. The molecule has 38 heavy (non-hydrogen) atoms. The zero-order valence-corrected chi connectivity index (χ0v) is 23.8. The minimum Gasteiger partial charge on any atom is -0.438 e. The SMILES string of the molecule is CCCCn1c(C)c(C2(c3ccc(N(CC)CC)cc3SCC)OC(=O)c3nccnc32)c2ccccc21. The van der Waals surface area contributed by atoms with Crippen LogP contribution in [0.25, 0.3) is 10.9 Å². The van der Waals surface area contributed by atoms with Crippen LogP contribution in [0.1, 0.15) is 73.5 Å². The van der Waals surface area contributed by atoms with Gasteiger partial charge in [-0.1, -0.05) is 44.5 Å². The highest BCUT2D eigenvalue weighted by atomic mass is 32.2. The van der Waals surface area contributed by atoms with Crippen molar-refractivity contribution in [1.29, 1.82) is 0 Å². The summed E-state index contributed by atoms with van der Waals surface area (Å²) in [5, 5.41) is 1.08. The van der Waals surface area contributed by atoms with Crippen LogP contribution in [0.3, 0.4) is 0 Å². The summed E-state index contributed by atoms with van der Waals surface area (Å²) in [7, 11) is 0. The van der Waals surface area contributed by atoms with Gasteiger partial charge in [0.15, 0.2) is 5.69 Å². The minimum atomic E-state index is -1.19. The Balaban J connectivity index is 1.88. The lowest BCUT2D eigenvalue weighted by molar-refractivity contribution is 0.0235. The molecule has 5 rings (SSSR count). The van der Waals surface area contributed by atoms with Crippen LogP contribution in [0.4, 0.5) is 5.69 Å². The van der Waals surface area contributed by atoms with Gasteiger partial charge >= 0.3 is 5.97 Å². The first-order valence-corrected chi connectivity index (χ1v) is 14.7. The van der Waals surface area contributed by atoms with E-state index in [-0.39, 0.29) is 5.69 Å². The fraction of sp³-hybridized carbons (Fsp3) is 0.387. The normalized spacial score (nSPS) is 16.6. The number of rotatable bonds is 10. The Morgan fingerprint density at radius 1 is 1.03 bits per heavy atom. The number of aryl methyl sites for hydroxylation is 1. The summed E-state index contributed by atoms with van der Waals surface area (Å²) in [6, 6.07) is 15.0. The highest BCUT2D eigenvalue weighted by molar-refractivity contribution is 7.99. The molecule has 0 aliphatic carbocycles. The standard InChI is InChI=1S/C31H36N4O2S/c1-6-10-19-35-21(5)27(23-13-11-12-14-25(23)35)31(29-28(30(36)37-31)32-17-18-33-29)24-16-15-22(34(7-2)8-3)20-26(24)38-9-4/h11-18,20H,6-10,19H2,1-5H3. The number of hydrogen-bond donors (Lipinski definition) is 0. The van der Waals surface area contributed by atoms with Crippen LogP contribution < -0.4 is 4.90 Å². The third-order valence-corrected chi connectivity index (χ3v) is 8.50. The molecule has 0 bridgehead atoms. The van der Waals surface area contributed by atoms with Crippen molar-refractivity contribution in [2.75, 3.05) is 23.7 Å². The number of unbranched alkanes of at least 4 members (excludes halogenated alkanes) is 1. The molecular weight excluding hydrogens is 492 g/mol. The van der Waals surface area contributed by atoms with E-state index in [9.17, 15) is 4.79 Å². The van der Waals surface area contributed by atoms with Gasteiger partial charge in [-0.3, -0.25) is 4.98 Å². The van der Waals surface area contributed by atoms with Crippen LogP contribution in [0.2, 0.25) is 0 Å². The Bertz CT molecular complexity index is 1480. The van der Waals surface area contributed by atoms with Gasteiger partial charge in [-0.15, -0.1) is 11.8 Å². The summed E-state index contributed by atoms with van der Waals surface area (Å²) in [4.78, 5) is 26.1. The van der Waals surface area contributed by atoms with Gasteiger partial charge in [-0.25, -0.2) is 9.78 Å². The van der Waals surface area contributed by atoms with Crippen molar-refractivity contribution in [3.63, 3.8) is 0 Å². The summed E-state index contributed by atoms with van der Waals surface area (Å²) in [6.07, 6.45) is 5.40. The van der Waals surface area contributed by atoms with E-state index in [0.717, 1.165) is 76.5 Å². The summed E-state index contributed by atoms with van der Waals surface area (Å²) < 4.78 is 8.90. The monoisotopic (exact) mass is 528 g/mol. The Labute approximate surface area is 229 Å². The number of fused-ring (bicyclic) bond motifs is 2. The fourth-order valence-corrected chi connectivity index (χ4v) is 6.69. The summed E-state index contributed by atoms with van der Waals surface area (Å²) >= 11 is 1.77. The van der Waals surface area contributed by atoms with E-state index in [4.69, 9.17) is 9.72 Å². The first kappa shape index (κ1) is 26.3. The van der Waals surface area contributed by atoms with Crippen LogP contribution in [0.5, 0.6) is 0 Å². The van der Waals surface area contributed by atoms with Crippen LogP contribution >= 0.6 is 11.8 Å². The molecule has 0 saturated carbocycles. The smallest absolute Gasteiger partial charge is 0.360 e. The lowest BCUT2D eigenvalue weighted by atomic mass is 9.81. The van der Waals surface area contributed by atoms with E-state index >= 15 is 0 Å². The van der Waals surface area contributed by atoms with Crippen LogP contribution in [-0.4, -0.2) is 39.3 Å². The molecular formula is C31H36N4O2S. The average molecular weight is 529 g/mol. The number of carbonyl (C=O) groups excluding carboxylic acids is 1. The first-order chi connectivity index (χ1) is 18.5. The number of hydrogen-bond acceptors (Lipinski definition) is 6. The van der Waals surface area contributed by atoms with E-state index in [1.165, 1.54) is 0 Å². The summed E-state index contributed by atoms with van der Waals surface area (Å²) in [6.45, 7) is 13.6. The maximum Gasteiger partial charge on any atom is 0.360 e. The number of anilines is 1. The molecule has 1 atom stereocenters. The molecule has 7 heteroatoms. The predicted octanol–water partition coefficient (Wildman–Crippen LogP) is 6.96. The second-order valence-electron chi connectivity index (χ2n) is 9.59. The average Bonchev–Trinajstić information content (AvgIpc) is 3.39. The molecule has 0 spiro atoms. The lowest BCUT2D eigenvalue weighted by Crippen LogP contribution is -2.32. The van der Waals surface area contributed by atoms with Crippen molar-refractivity contribution in [3.05, 3.63) is 83.1 Å². The van der Waals surface area contributed by atoms with Crippen LogP contribution in [-0.2, 0) is 16.9 Å². The van der Waals surface area contributed by atoms with E-state index in [1.54, 1.807) is 24.2 Å². The highest BCUT2D eigenvalue weighted by Crippen LogP contribution is 2.52. The maximum atomic E-state index is 13.4. The zero-order chi connectivity index (χ0) is 26.9. The number of carbonyl (C=O) groups is 1. The molecule has 1 aliphatic heterocycles. The van der Waals surface area contributed by atoms with Crippen molar-refractivity contribution in [2.45, 2.75) is 64.5 Å². The van der Waals surface area contributed by atoms with Gasteiger partial charge in [0.2, 0.25) is 5.60 Å². The van der Waals surface area contributed by atoms with Crippen molar-refractivity contribution < 1.29 is 9.53 Å². The third kappa shape index (κ3) is 4.08. The van der Waals surface area contributed by atoms with Crippen molar-refractivity contribution >= 4 is 34.3 Å². The maximum absolute atomic E-state index is 13.4. The Kier molecular flexibility index (Phi) is 7.48. The van der Waals surface area contributed by atoms with Gasteiger partial charge in [-0.05, 0) is 51.1 Å². The minimum absolute atomic E-state index is 0.289. The lowest BCUT2D eigenvalue weighted by Gasteiger charge is -2.32. The predicted molar refractivity (Wildman–Crippen MR) is 155 cm³/mol. The number of ether oxygens (including phenoxy) is 1. The molecule has 2 aromatic heterocycles. The molecule has 3 heterocycles. The Hall–Kier alpha value is -3.32. The highest BCUT2D eigenvalue weighted by Gasteiger charge is 2.54. The second-order valence-corrected chi connectivity index (χ2v) is 10.9. The topological polar surface area (TPSA) is 60.2 Å². The van der Waals surface area contributed by atoms with Crippen LogP contribution in [0, 0.1) is 6.92 Å². The number of esters is 1. The molecule has 198 valence electrons. The molecule has 1 aliphatic rings. The largest absolute Gasteiger partial charge is 0.438 e. The van der Waals surface area contributed by atoms with E-state index in [1.807, 2.05) is 0 Å². The third-order valence-electron chi connectivity index (χ3n) is 7.56. The number of cyclic esters (lactones) is 1. The first-order valence-electron chi connectivity index (χ1n) is 13.7. The zero-order valence-electron chi connectivity index (χ0n) is 23.0. The van der Waals surface area contributed by atoms with Gasteiger partial charge in [-0.2, -0.15) is 0 Å². The van der Waals surface area contributed by atoms with Gasteiger partial charge < -0.3 is 14.2 Å². The number of aromatic nitrogens is 3. The molecule has 6 nitrogen and oxygen atoms in total. The molecule has 0 fully saturated rings. The second kappa shape index (κ2) is 10.8. The van der Waals surface area contributed by atoms with Gasteiger partial charge in [0.05, 0.1) is 0 Å². The van der Waals surface area contributed by atoms with Gasteiger partial charge in [0.25, 0.3) is 0 Å². The summed E-state index contributed by atoms with van der Waals surface area (Å²) in [5.74, 6) is 0.460. The van der Waals surface area contributed by atoms with Gasteiger partial charge in [0.1, 0.15) is 5.69 Å². The van der Waals surface area contributed by atoms with Crippen molar-refractivity contribution in [3.8, 4) is 0 Å². The number of benzene rings is 2. The number of nitrogens with zero attached hydrogens (tertiary/aromatic N) is 4. The van der Waals surface area contributed by atoms with Crippen molar-refractivity contribution in [1.82, 2.24) is 14.5 Å². The number of thioether (sulfide) groups is 1. The number of para-hydroxylation sites is 1. The van der Waals surface area contributed by atoms with Crippen LogP contribution in [0.15, 0.2) is 59.8 Å².